The van der Waals surface area contributed by atoms with E-state index in [-0.39, 0.29) is 51.1 Å². The molecule has 0 aliphatic rings. The minimum absolute atomic E-state index is 0.00471. The van der Waals surface area contributed by atoms with Crippen LogP contribution < -0.4 is 10.6 Å². The number of amides is 1. The number of carbonyl (C=O) groups excluding carboxylic acids is 1. The van der Waals surface area contributed by atoms with Crippen LogP contribution in [0.4, 0.5) is 39.8 Å². The third kappa shape index (κ3) is 10.4. The summed E-state index contributed by atoms with van der Waals surface area (Å²) in [5.74, 6) is -2.10. The Labute approximate surface area is 390 Å². The van der Waals surface area contributed by atoms with Crippen molar-refractivity contribution in [2.75, 3.05) is 10.6 Å². The van der Waals surface area contributed by atoms with Crippen LogP contribution in [0.25, 0.3) is 38.3 Å². The molecule has 22 nitrogen and oxygen atoms in total. The number of fused-ring (bicyclic) bond motifs is 4. The molecule has 0 aliphatic heterocycles. The van der Waals surface area contributed by atoms with Crippen LogP contribution in [0.15, 0.2) is 144 Å². The van der Waals surface area contributed by atoms with E-state index < -0.39 is 68.4 Å². The summed E-state index contributed by atoms with van der Waals surface area (Å²) in [5, 5.41) is 52.0. The number of nitrogens with one attached hydrogen (secondary N) is 2. The quantitative estimate of drug-likeness (QED) is 0.0394. The Morgan fingerprint density at radius 3 is 1.84 bits per heavy atom. The SMILES string of the molecule is Cc1cc(N=Nc2c(S(=O)(=O)O)cc3cc(Nc4ccc(NC(=O)CCC(=O)O)cc4)ccc3c2O)cc(C)c1N=Nc1ccc(-n2nc3ccc4c(S(=O)(=O)O)cc(S(=O)(=O)O)cc4c3n2)cc1. The van der Waals surface area contributed by atoms with E-state index in [1.165, 1.54) is 23.0 Å². The minimum atomic E-state index is -4.94. The zero-order valence-corrected chi connectivity index (χ0v) is 38.1. The first-order valence-electron chi connectivity index (χ1n) is 20.0. The van der Waals surface area contributed by atoms with Crippen molar-refractivity contribution >= 4 is 115 Å². The third-order valence-electron chi connectivity index (χ3n) is 10.4. The average molecular weight is 994 g/mol. The van der Waals surface area contributed by atoms with Crippen LogP contribution in [0.5, 0.6) is 5.75 Å². The molecule has 69 heavy (non-hydrogen) atoms. The van der Waals surface area contributed by atoms with Crippen LogP contribution in [-0.4, -0.2) is 76.0 Å². The molecule has 7 aromatic carbocycles. The number of carboxylic acid groups (broad SMARTS) is 1. The van der Waals surface area contributed by atoms with Gasteiger partial charge in [0.2, 0.25) is 5.91 Å². The number of aromatic nitrogens is 3. The molecule has 8 aromatic rings. The summed E-state index contributed by atoms with van der Waals surface area (Å²) in [6, 6.07) is 26.5. The maximum atomic E-state index is 12.6. The molecule has 352 valence electrons. The molecular weight excluding hydrogens is 959 g/mol. The van der Waals surface area contributed by atoms with Gasteiger partial charge in [0, 0.05) is 39.6 Å². The fourth-order valence-electron chi connectivity index (χ4n) is 7.22. The zero-order valence-electron chi connectivity index (χ0n) is 35.7. The summed E-state index contributed by atoms with van der Waals surface area (Å²) >= 11 is 0. The van der Waals surface area contributed by atoms with Crippen LogP contribution >= 0.6 is 0 Å². The summed E-state index contributed by atoms with van der Waals surface area (Å²) in [7, 11) is -14.7. The van der Waals surface area contributed by atoms with Gasteiger partial charge >= 0.3 is 5.97 Å². The van der Waals surface area contributed by atoms with Gasteiger partial charge in [0.1, 0.15) is 26.5 Å². The fraction of sp³-hybridized carbons (Fsp3) is 0.0909. The molecule has 0 bridgehead atoms. The highest BCUT2D eigenvalue weighted by molar-refractivity contribution is 7.87. The smallest absolute Gasteiger partial charge is 0.303 e. The van der Waals surface area contributed by atoms with Gasteiger partial charge in [-0.2, -0.15) is 45.4 Å². The van der Waals surface area contributed by atoms with Gasteiger partial charge in [-0.25, -0.2) is 0 Å². The van der Waals surface area contributed by atoms with Crippen LogP contribution in [-0.2, 0) is 39.9 Å². The Hall–Kier alpha value is -8.07. The Morgan fingerprint density at radius 1 is 0.594 bits per heavy atom. The molecule has 0 radical (unpaired) electrons. The maximum Gasteiger partial charge on any atom is 0.303 e. The lowest BCUT2D eigenvalue weighted by atomic mass is 10.1. The van der Waals surface area contributed by atoms with Gasteiger partial charge in [0.05, 0.1) is 34.1 Å². The third-order valence-corrected chi connectivity index (χ3v) is 13.0. The molecule has 7 N–H and O–H groups in total. The van der Waals surface area contributed by atoms with Crippen LogP contribution in [0.1, 0.15) is 24.0 Å². The first-order chi connectivity index (χ1) is 32.5. The van der Waals surface area contributed by atoms with E-state index in [2.05, 4.69) is 41.3 Å². The maximum absolute atomic E-state index is 12.6. The van der Waals surface area contributed by atoms with E-state index in [9.17, 15) is 53.6 Å². The van der Waals surface area contributed by atoms with E-state index in [1.807, 2.05) is 0 Å². The number of hydrogen-bond donors (Lipinski definition) is 7. The highest BCUT2D eigenvalue weighted by Gasteiger charge is 2.24. The van der Waals surface area contributed by atoms with E-state index >= 15 is 0 Å². The van der Waals surface area contributed by atoms with Crippen molar-refractivity contribution in [3.63, 3.8) is 0 Å². The van der Waals surface area contributed by atoms with Crippen LogP contribution in [0, 0.1) is 13.8 Å². The van der Waals surface area contributed by atoms with Gasteiger partial charge < -0.3 is 20.8 Å². The number of aryl methyl sites for hydroxylation is 2. The second kappa shape index (κ2) is 18.2. The molecule has 1 aromatic heterocycles. The van der Waals surface area contributed by atoms with E-state index in [1.54, 1.807) is 86.6 Å². The second-order valence-electron chi connectivity index (χ2n) is 15.4. The molecule has 0 atom stereocenters. The Bertz CT molecular complexity index is 3820. The largest absolute Gasteiger partial charge is 0.505 e. The van der Waals surface area contributed by atoms with Crippen molar-refractivity contribution in [2.45, 2.75) is 41.4 Å². The summed E-state index contributed by atoms with van der Waals surface area (Å²) in [4.78, 5) is 21.7. The standard InChI is InChI=1S/C44H35N9O13S3/c1-23-17-30(48-50-43-38(69(64,65)66)20-25-19-29(9-12-33(25)44(43)57)45-26-3-5-27(6-4-26)46-39(54)15-16-40(55)56)18-24(2)41(23)49-47-28-7-10-31(11-8-28)53-51-36-14-13-34-35(42(36)52-53)21-32(67(58,59)60)22-37(34)68(61,62)63/h3-14,17-22,45,57H,15-16H2,1-2H3,(H,46,54)(H,55,56)(H,58,59,60)(H,61,62,63)(H,64,65,66). The lowest BCUT2D eigenvalue weighted by Gasteiger charge is -2.12. The lowest BCUT2D eigenvalue weighted by molar-refractivity contribution is -0.138. The number of benzene rings is 7. The number of azo groups is 2. The first-order valence-corrected chi connectivity index (χ1v) is 24.3. The molecule has 0 fully saturated rings. The van der Waals surface area contributed by atoms with Crippen molar-refractivity contribution in [3.05, 3.63) is 120 Å². The number of phenolic OH excluding ortho intramolecular Hbond substituents is 1. The highest BCUT2D eigenvalue weighted by Crippen LogP contribution is 2.43. The topological polar surface area (TPSA) is 342 Å². The lowest BCUT2D eigenvalue weighted by Crippen LogP contribution is -2.13. The van der Waals surface area contributed by atoms with Crippen LogP contribution in [0.2, 0.25) is 0 Å². The van der Waals surface area contributed by atoms with E-state index in [0.717, 1.165) is 12.1 Å². The van der Waals surface area contributed by atoms with Gasteiger partial charge in [0.15, 0.2) is 5.75 Å². The van der Waals surface area contributed by atoms with Crippen molar-refractivity contribution in [1.82, 2.24) is 15.0 Å². The number of rotatable bonds is 14. The van der Waals surface area contributed by atoms with Crippen molar-refractivity contribution in [3.8, 4) is 11.4 Å². The molecule has 0 aliphatic carbocycles. The van der Waals surface area contributed by atoms with Gasteiger partial charge in [-0.15, -0.1) is 15.3 Å². The Morgan fingerprint density at radius 2 is 1.20 bits per heavy atom. The summed E-state index contributed by atoms with van der Waals surface area (Å²) in [6.07, 6.45) is -0.487. The number of carboxylic acids is 1. The highest BCUT2D eigenvalue weighted by atomic mass is 32.2. The zero-order chi connectivity index (χ0) is 49.6. The van der Waals surface area contributed by atoms with E-state index in [0.29, 0.717) is 51.3 Å². The molecule has 8 rings (SSSR count). The van der Waals surface area contributed by atoms with Crippen molar-refractivity contribution < 1.29 is 58.7 Å². The predicted molar refractivity (Wildman–Crippen MR) is 251 cm³/mol. The number of carbonyl (C=O) groups is 2. The average Bonchev–Trinajstić information content (AvgIpc) is 3.72. The van der Waals surface area contributed by atoms with Crippen molar-refractivity contribution in [1.29, 1.82) is 0 Å². The Kier molecular flexibility index (Phi) is 12.5. The molecule has 1 amide bonds. The molecule has 0 unspecified atom stereocenters. The summed E-state index contributed by atoms with van der Waals surface area (Å²) < 4.78 is 103. The number of nitrogens with zero attached hydrogens (tertiary/aromatic N) is 7. The fourth-order valence-corrected chi connectivity index (χ4v) is 9.22. The monoisotopic (exact) mass is 993 g/mol. The van der Waals surface area contributed by atoms with Crippen molar-refractivity contribution in [2.24, 2.45) is 20.5 Å². The molecule has 0 spiro atoms. The number of hydrogen-bond acceptors (Lipinski definition) is 16. The van der Waals surface area contributed by atoms with Crippen LogP contribution in [0.3, 0.4) is 0 Å². The van der Waals surface area contributed by atoms with Gasteiger partial charge in [0.25, 0.3) is 30.4 Å². The van der Waals surface area contributed by atoms with Gasteiger partial charge in [-0.1, -0.05) is 6.07 Å². The summed E-state index contributed by atoms with van der Waals surface area (Å²) in [6.45, 7) is 3.47. The second-order valence-corrected chi connectivity index (χ2v) is 19.6. The number of anilines is 3. The normalized spacial score (nSPS) is 12.4. The molecule has 25 heteroatoms. The number of aromatic hydroxyl groups is 1. The predicted octanol–water partition coefficient (Wildman–Crippen LogP) is 9.17. The van der Waals surface area contributed by atoms with E-state index in [4.69, 9.17) is 5.11 Å². The molecular formula is C44H35N9O13S3. The number of aliphatic carboxylic acids is 1. The summed E-state index contributed by atoms with van der Waals surface area (Å²) in [5.41, 5.74) is 4.13. The Balaban J connectivity index is 0.996. The minimum Gasteiger partial charge on any atom is -0.505 e. The van der Waals surface area contributed by atoms with Gasteiger partial charge in [-0.3, -0.25) is 23.2 Å². The molecule has 0 saturated heterocycles. The first kappa shape index (κ1) is 47.4. The van der Waals surface area contributed by atoms with Gasteiger partial charge in [-0.05, 0) is 133 Å². The molecule has 1 heterocycles. The molecule has 0 saturated carbocycles. The number of phenols is 1.